The van der Waals surface area contributed by atoms with Gasteiger partial charge in [0, 0.05) is 44.2 Å². The minimum Gasteiger partial charge on any atom is -0.361 e. The molecule has 2 saturated heterocycles. The maximum atomic E-state index is 13.1. The summed E-state index contributed by atoms with van der Waals surface area (Å²) in [6, 6.07) is 1.16. The van der Waals surface area contributed by atoms with Crippen LogP contribution in [0.3, 0.4) is 0 Å². The lowest BCUT2D eigenvalue weighted by Crippen LogP contribution is -2.58. The Labute approximate surface area is 178 Å². The van der Waals surface area contributed by atoms with E-state index in [2.05, 4.69) is 5.16 Å². The molecule has 0 aliphatic carbocycles. The van der Waals surface area contributed by atoms with Gasteiger partial charge >= 0.3 is 6.03 Å². The first-order valence-corrected chi connectivity index (χ1v) is 12.3. The molecule has 0 radical (unpaired) electrons. The molecule has 0 spiro atoms. The first kappa shape index (κ1) is 22.7. The highest BCUT2D eigenvalue weighted by Crippen LogP contribution is 2.25. The minimum atomic E-state index is -3.26. The minimum absolute atomic E-state index is 0.0356. The molecule has 0 aromatic carbocycles. The van der Waals surface area contributed by atoms with Crippen molar-refractivity contribution in [1.82, 2.24) is 19.3 Å². The van der Waals surface area contributed by atoms with Gasteiger partial charge in [-0.15, -0.1) is 0 Å². The third kappa shape index (κ3) is 5.21. The summed E-state index contributed by atoms with van der Waals surface area (Å²) in [4.78, 5) is 29.4. The highest BCUT2D eigenvalue weighted by molar-refractivity contribution is 7.88. The molecule has 2 fully saturated rings. The van der Waals surface area contributed by atoms with Crippen molar-refractivity contribution in [2.24, 2.45) is 0 Å². The molecule has 168 valence electrons. The quantitative estimate of drug-likeness (QED) is 0.705. The van der Waals surface area contributed by atoms with Crippen molar-refractivity contribution in [2.45, 2.75) is 57.9 Å². The molecule has 0 unspecified atom stereocenters. The number of carbonyl (C=O) groups excluding carboxylic acids is 2. The lowest BCUT2D eigenvalue weighted by atomic mass is 9.92. The topological polar surface area (TPSA) is 104 Å². The van der Waals surface area contributed by atoms with Gasteiger partial charge in [0.2, 0.25) is 10.0 Å². The van der Waals surface area contributed by atoms with E-state index in [0.29, 0.717) is 31.7 Å². The fourth-order valence-corrected chi connectivity index (χ4v) is 4.76. The number of hydrogen-bond donors (Lipinski definition) is 0. The highest BCUT2D eigenvalue weighted by Gasteiger charge is 2.36. The molecule has 9 nitrogen and oxygen atoms in total. The van der Waals surface area contributed by atoms with Crippen LogP contribution < -0.4 is 0 Å². The monoisotopic (exact) mass is 440 g/mol. The van der Waals surface area contributed by atoms with Crippen molar-refractivity contribution in [3.8, 4) is 0 Å². The zero-order valence-electron chi connectivity index (χ0n) is 18.3. The van der Waals surface area contributed by atoms with Crippen LogP contribution in [0.15, 0.2) is 10.6 Å². The van der Waals surface area contributed by atoms with Crippen LogP contribution in [0.2, 0.25) is 0 Å². The molecular formula is C20H32N4O5S. The van der Waals surface area contributed by atoms with Crippen LogP contribution in [-0.2, 0) is 26.7 Å². The highest BCUT2D eigenvalue weighted by atomic mass is 32.2. The molecule has 1 atom stereocenters. The third-order valence-corrected chi connectivity index (χ3v) is 7.06. The second-order valence-corrected chi connectivity index (χ2v) is 11.2. The van der Waals surface area contributed by atoms with Crippen molar-refractivity contribution >= 4 is 21.8 Å². The number of ketones is 1. The fourth-order valence-electron chi connectivity index (χ4n) is 3.93. The molecule has 2 aliphatic heterocycles. The Kier molecular flexibility index (Phi) is 6.57. The Morgan fingerprint density at radius 2 is 1.80 bits per heavy atom. The van der Waals surface area contributed by atoms with E-state index in [0.717, 1.165) is 18.6 Å². The SMILES string of the molecule is CC(C)(C)c1cc(CC(=O)[C@@H]2CCCCN2C(=O)N2CCN(S(C)(=O)=O)CC2)no1. The first-order chi connectivity index (χ1) is 14.0. The summed E-state index contributed by atoms with van der Waals surface area (Å²) in [6.07, 6.45) is 3.71. The van der Waals surface area contributed by atoms with Crippen LogP contribution in [0.1, 0.15) is 51.5 Å². The average Bonchev–Trinajstić information content (AvgIpc) is 3.16. The molecule has 2 aliphatic rings. The molecule has 30 heavy (non-hydrogen) atoms. The number of aromatic nitrogens is 1. The van der Waals surface area contributed by atoms with E-state index in [1.165, 1.54) is 10.6 Å². The summed E-state index contributed by atoms with van der Waals surface area (Å²) in [7, 11) is -3.26. The predicted octanol–water partition coefficient (Wildman–Crippen LogP) is 1.64. The fraction of sp³-hybridized carbons (Fsp3) is 0.750. The summed E-state index contributed by atoms with van der Waals surface area (Å²) in [6.45, 7) is 7.83. The van der Waals surface area contributed by atoms with Gasteiger partial charge in [0.15, 0.2) is 5.78 Å². The number of amides is 2. The molecule has 3 rings (SSSR count). The summed E-state index contributed by atoms with van der Waals surface area (Å²) < 4.78 is 30.2. The van der Waals surface area contributed by atoms with Crippen LogP contribution in [-0.4, -0.2) is 84.5 Å². The Morgan fingerprint density at radius 1 is 1.13 bits per heavy atom. The number of rotatable bonds is 4. The number of hydrogen-bond acceptors (Lipinski definition) is 6. The lowest BCUT2D eigenvalue weighted by Gasteiger charge is -2.40. The largest absolute Gasteiger partial charge is 0.361 e. The van der Waals surface area contributed by atoms with Crippen molar-refractivity contribution in [3.63, 3.8) is 0 Å². The van der Waals surface area contributed by atoms with Crippen LogP contribution >= 0.6 is 0 Å². The number of sulfonamides is 1. The standard InChI is InChI=1S/C20H32N4O5S/c1-20(2,3)18-14-15(21-29-18)13-17(25)16-7-5-6-8-24(16)19(26)22-9-11-23(12-10-22)30(4,27)28/h14,16H,5-13H2,1-4H3/t16-/m0/s1. The van der Waals surface area contributed by atoms with E-state index in [-0.39, 0.29) is 36.7 Å². The molecular weight excluding hydrogens is 408 g/mol. The smallest absolute Gasteiger partial charge is 0.320 e. The van der Waals surface area contributed by atoms with Gasteiger partial charge in [0.05, 0.1) is 24.4 Å². The Bertz CT molecular complexity index is 881. The first-order valence-electron chi connectivity index (χ1n) is 10.5. The summed E-state index contributed by atoms with van der Waals surface area (Å²) in [5.41, 5.74) is 0.402. The number of carbonyl (C=O) groups is 2. The summed E-state index contributed by atoms with van der Waals surface area (Å²) in [5.74, 6) is 0.692. The summed E-state index contributed by atoms with van der Waals surface area (Å²) >= 11 is 0. The van der Waals surface area contributed by atoms with Gasteiger partial charge in [-0.25, -0.2) is 13.2 Å². The van der Waals surface area contributed by atoms with Gasteiger partial charge in [-0.2, -0.15) is 4.31 Å². The van der Waals surface area contributed by atoms with Gasteiger partial charge in [-0.1, -0.05) is 25.9 Å². The van der Waals surface area contributed by atoms with E-state index in [9.17, 15) is 18.0 Å². The molecule has 1 aromatic rings. The van der Waals surface area contributed by atoms with Crippen molar-refractivity contribution < 1.29 is 22.5 Å². The van der Waals surface area contributed by atoms with Crippen LogP contribution in [0.5, 0.6) is 0 Å². The number of urea groups is 1. The zero-order chi connectivity index (χ0) is 22.1. The van der Waals surface area contributed by atoms with Gasteiger partial charge in [-0.3, -0.25) is 4.79 Å². The van der Waals surface area contributed by atoms with E-state index < -0.39 is 16.1 Å². The molecule has 10 heteroatoms. The van der Waals surface area contributed by atoms with Crippen LogP contribution in [0.4, 0.5) is 4.79 Å². The molecule has 1 aromatic heterocycles. The van der Waals surface area contributed by atoms with Gasteiger partial charge in [-0.05, 0) is 19.3 Å². The van der Waals surface area contributed by atoms with Gasteiger partial charge < -0.3 is 14.3 Å². The summed E-state index contributed by atoms with van der Waals surface area (Å²) in [5, 5.41) is 4.04. The molecule has 0 N–H and O–H groups in total. The van der Waals surface area contributed by atoms with E-state index in [1.54, 1.807) is 9.80 Å². The van der Waals surface area contributed by atoms with Gasteiger partial charge in [0.25, 0.3) is 0 Å². The van der Waals surface area contributed by atoms with E-state index in [1.807, 2.05) is 26.8 Å². The average molecular weight is 441 g/mol. The van der Waals surface area contributed by atoms with Gasteiger partial charge in [0.1, 0.15) is 5.76 Å². The lowest BCUT2D eigenvalue weighted by molar-refractivity contribution is -0.124. The second kappa shape index (κ2) is 8.66. The van der Waals surface area contributed by atoms with Crippen LogP contribution in [0.25, 0.3) is 0 Å². The maximum Gasteiger partial charge on any atom is 0.320 e. The molecule has 0 saturated carbocycles. The molecule has 0 bridgehead atoms. The molecule has 2 amide bonds. The predicted molar refractivity (Wildman–Crippen MR) is 112 cm³/mol. The molecule has 3 heterocycles. The number of likely N-dealkylation sites (tertiary alicyclic amines) is 1. The second-order valence-electron chi connectivity index (χ2n) is 9.21. The van der Waals surface area contributed by atoms with Crippen molar-refractivity contribution in [2.75, 3.05) is 39.0 Å². The van der Waals surface area contributed by atoms with Crippen molar-refractivity contribution in [1.29, 1.82) is 0 Å². The Hall–Kier alpha value is -1.94. The Morgan fingerprint density at radius 3 is 2.37 bits per heavy atom. The third-order valence-electron chi connectivity index (χ3n) is 5.75. The van der Waals surface area contributed by atoms with Crippen molar-refractivity contribution in [3.05, 3.63) is 17.5 Å². The number of Topliss-reactive ketones (excluding diaryl/α,β-unsaturated/α-hetero) is 1. The van der Waals surface area contributed by atoms with Crippen LogP contribution in [0, 0.1) is 0 Å². The Balaban J connectivity index is 1.65. The number of nitrogens with zero attached hydrogens (tertiary/aromatic N) is 4. The normalized spacial score (nSPS) is 21.7. The number of piperazine rings is 1. The van der Waals surface area contributed by atoms with E-state index in [4.69, 9.17) is 4.52 Å². The van der Waals surface area contributed by atoms with E-state index >= 15 is 0 Å². The maximum absolute atomic E-state index is 13.1. The zero-order valence-corrected chi connectivity index (χ0v) is 19.1. The number of piperidine rings is 1.